The van der Waals surface area contributed by atoms with Crippen LogP contribution in [0.5, 0.6) is 0 Å². The Morgan fingerprint density at radius 1 is 1.33 bits per heavy atom. The van der Waals surface area contributed by atoms with Gasteiger partial charge < -0.3 is 4.74 Å². The van der Waals surface area contributed by atoms with Gasteiger partial charge in [0, 0.05) is 19.8 Å². The summed E-state index contributed by atoms with van der Waals surface area (Å²) in [6.07, 6.45) is 8.42. The Hall–Kier alpha value is -0.263. The molecule has 18 heavy (non-hydrogen) atoms. The summed E-state index contributed by atoms with van der Waals surface area (Å²) >= 11 is 0. The molecular formula is C16H28OSi. The normalized spacial score (nSPS) is 37.8. The second-order valence-electron chi connectivity index (χ2n) is 7.69. The third-order valence-electron chi connectivity index (χ3n) is 6.04. The maximum Gasteiger partial charge on any atom is 0.0638 e. The molecule has 3 aliphatic carbocycles. The molecule has 2 bridgehead atoms. The molecule has 3 saturated carbocycles. The third-order valence-corrected chi connectivity index (χ3v) is 9.83. The fraction of sp³-hybridized carbons (Fsp3) is 0.875. The molecule has 0 aliphatic heterocycles. The van der Waals surface area contributed by atoms with Gasteiger partial charge in [0.1, 0.15) is 0 Å². The molecular weight excluding hydrogens is 236 g/mol. The molecule has 0 aromatic carbocycles. The van der Waals surface area contributed by atoms with E-state index in [1.807, 2.05) is 7.11 Å². The number of hydrogen-bond donors (Lipinski definition) is 0. The van der Waals surface area contributed by atoms with Gasteiger partial charge in [0.05, 0.1) is 8.07 Å². The topological polar surface area (TPSA) is 9.23 Å². The zero-order chi connectivity index (χ0) is 13.6. The van der Waals surface area contributed by atoms with Gasteiger partial charge in [0.2, 0.25) is 0 Å². The van der Waals surface area contributed by atoms with Crippen LogP contribution in [0.15, 0.2) is 0 Å². The minimum Gasteiger partial charge on any atom is -0.384 e. The first-order valence-corrected chi connectivity index (χ1v) is 10.6. The van der Waals surface area contributed by atoms with Crippen LogP contribution in [0.2, 0.25) is 24.7 Å². The first kappa shape index (κ1) is 14.2. The van der Waals surface area contributed by atoms with Crippen LogP contribution in [0.25, 0.3) is 0 Å². The molecule has 0 unspecified atom stereocenters. The number of fused-ring (bicyclic) bond motifs is 2. The molecule has 0 saturated heterocycles. The van der Waals surface area contributed by atoms with Gasteiger partial charge in [0.25, 0.3) is 0 Å². The van der Waals surface area contributed by atoms with E-state index >= 15 is 0 Å². The van der Waals surface area contributed by atoms with Crippen molar-refractivity contribution in [3.05, 3.63) is 0 Å². The summed E-state index contributed by atoms with van der Waals surface area (Å²) in [5.41, 5.74) is 1.41. The molecule has 0 radical (unpaired) electrons. The summed E-state index contributed by atoms with van der Waals surface area (Å²) in [4.78, 5) is 0. The predicted molar refractivity (Wildman–Crippen MR) is 80.2 cm³/mol. The predicted octanol–water partition coefficient (Wildman–Crippen LogP) is 4.03. The lowest BCUT2D eigenvalue weighted by atomic mass is 9.45. The van der Waals surface area contributed by atoms with Crippen LogP contribution in [0.4, 0.5) is 0 Å². The fourth-order valence-corrected chi connectivity index (χ4v) is 7.86. The first-order valence-electron chi connectivity index (χ1n) is 7.27. The Kier molecular flexibility index (Phi) is 3.69. The van der Waals surface area contributed by atoms with Crippen LogP contribution in [0.3, 0.4) is 0 Å². The Morgan fingerprint density at radius 2 is 2.00 bits per heavy atom. The van der Waals surface area contributed by atoms with E-state index in [0.717, 1.165) is 35.9 Å². The highest BCUT2D eigenvalue weighted by Gasteiger charge is 2.59. The molecule has 102 valence electrons. The SMILES string of the molecule is C#CC[Si](C)(C)[C@H]1C[C@H]2C[C@@H]([C@@H]1COC)C2(C)C. The molecule has 3 rings (SSSR count). The van der Waals surface area contributed by atoms with Gasteiger partial charge in [-0.15, -0.1) is 12.3 Å². The number of terminal acetylenes is 1. The lowest BCUT2D eigenvalue weighted by Crippen LogP contribution is -2.59. The van der Waals surface area contributed by atoms with Gasteiger partial charge in [-0.1, -0.05) is 26.9 Å². The second-order valence-corrected chi connectivity index (χ2v) is 12.8. The Balaban J connectivity index is 2.20. The standard InChI is InChI=1S/C16H28OSi/c1-7-8-18(5,6)15-10-12-9-14(16(12,2)3)13(15)11-17-4/h1,12-15H,8-11H2,2-6H3/t12-,13+,14+,15+/m1/s1. The van der Waals surface area contributed by atoms with Crippen molar-refractivity contribution < 1.29 is 4.74 Å². The second kappa shape index (κ2) is 4.69. The van der Waals surface area contributed by atoms with Crippen molar-refractivity contribution >= 4 is 8.07 Å². The van der Waals surface area contributed by atoms with Gasteiger partial charge in [-0.3, -0.25) is 0 Å². The minimum absolute atomic E-state index is 0.542. The van der Waals surface area contributed by atoms with Gasteiger partial charge in [0.15, 0.2) is 0 Å². The molecule has 3 aliphatic rings. The van der Waals surface area contributed by atoms with E-state index in [4.69, 9.17) is 11.2 Å². The van der Waals surface area contributed by atoms with Crippen molar-refractivity contribution in [3.8, 4) is 12.3 Å². The van der Waals surface area contributed by atoms with Crippen LogP contribution in [-0.2, 0) is 4.74 Å². The van der Waals surface area contributed by atoms with Crippen molar-refractivity contribution in [2.75, 3.05) is 13.7 Å². The lowest BCUT2D eigenvalue weighted by molar-refractivity contribution is -0.121. The first-order chi connectivity index (χ1) is 8.34. The van der Waals surface area contributed by atoms with Crippen molar-refractivity contribution in [2.45, 2.75) is 51.4 Å². The van der Waals surface area contributed by atoms with E-state index in [-0.39, 0.29) is 0 Å². The number of hydrogen-bond acceptors (Lipinski definition) is 1. The molecule has 4 atom stereocenters. The van der Waals surface area contributed by atoms with Crippen LogP contribution in [0, 0.1) is 35.5 Å². The molecule has 0 amide bonds. The van der Waals surface area contributed by atoms with E-state index in [1.165, 1.54) is 12.8 Å². The highest BCUT2D eigenvalue weighted by atomic mass is 28.3. The monoisotopic (exact) mass is 264 g/mol. The maximum absolute atomic E-state index is 5.59. The minimum atomic E-state index is -1.29. The van der Waals surface area contributed by atoms with E-state index in [0.29, 0.717) is 5.41 Å². The molecule has 0 N–H and O–H groups in total. The third kappa shape index (κ3) is 2.06. The van der Waals surface area contributed by atoms with Crippen LogP contribution >= 0.6 is 0 Å². The summed E-state index contributed by atoms with van der Waals surface area (Å²) in [6, 6.07) is 1.03. The Bertz CT molecular complexity index is 353. The quantitative estimate of drug-likeness (QED) is 0.550. The average molecular weight is 264 g/mol. The van der Waals surface area contributed by atoms with Crippen molar-refractivity contribution in [1.82, 2.24) is 0 Å². The molecule has 0 heterocycles. The molecule has 2 heteroatoms. The van der Waals surface area contributed by atoms with E-state index in [1.54, 1.807) is 0 Å². The smallest absolute Gasteiger partial charge is 0.0638 e. The van der Waals surface area contributed by atoms with Gasteiger partial charge in [-0.2, -0.15) is 0 Å². The summed E-state index contributed by atoms with van der Waals surface area (Å²) < 4.78 is 5.54. The summed E-state index contributed by atoms with van der Waals surface area (Å²) in [5.74, 6) is 5.50. The molecule has 3 fully saturated rings. The lowest BCUT2D eigenvalue weighted by Gasteiger charge is -2.64. The van der Waals surface area contributed by atoms with Crippen LogP contribution in [0.1, 0.15) is 26.7 Å². The molecule has 1 nitrogen and oxygen atoms in total. The zero-order valence-electron chi connectivity index (χ0n) is 12.6. The van der Waals surface area contributed by atoms with E-state index in [2.05, 4.69) is 32.9 Å². The van der Waals surface area contributed by atoms with Crippen molar-refractivity contribution in [2.24, 2.45) is 23.2 Å². The van der Waals surface area contributed by atoms with Crippen molar-refractivity contribution in [3.63, 3.8) is 0 Å². The fourth-order valence-electron chi connectivity index (χ4n) is 4.66. The number of ether oxygens (including phenoxy) is 1. The highest BCUT2D eigenvalue weighted by Crippen LogP contribution is 2.66. The van der Waals surface area contributed by atoms with Crippen molar-refractivity contribution in [1.29, 1.82) is 0 Å². The van der Waals surface area contributed by atoms with Gasteiger partial charge >= 0.3 is 0 Å². The van der Waals surface area contributed by atoms with Gasteiger partial charge in [-0.05, 0) is 41.6 Å². The zero-order valence-corrected chi connectivity index (χ0v) is 13.6. The summed E-state index contributed by atoms with van der Waals surface area (Å²) in [6.45, 7) is 10.8. The number of methoxy groups -OCH3 is 1. The molecule has 0 aromatic rings. The highest BCUT2D eigenvalue weighted by molar-refractivity contribution is 6.79. The van der Waals surface area contributed by atoms with E-state index < -0.39 is 8.07 Å². The Labute approximate surface area is 114 Å². The molecule has 0 spiro atoms. The van der Waals surface area contributed by atoms with Crippen LogP contribution < -0.4 is 0 Å². The average Bonchev–Trinajstić information content (AvgIpc) is 2.28. The molecule has 0 aromatic heterocycles. The number of rotatable bonds is 4. The summed E-state index contributed by atoms with van der Waals surface area (Å²) in [5, 5.41) is 0. The van der Waals surface area contributed by atoms with Gasteiger partial charge in [-0.25, -0.2) is 0 Å². The largest absolute Gasteiger partial charge is 0.384 e. The Morgan fingerprint density at radius 3 is 2.50 bits per heavy atom. The summed E-state index contributed by atoms with van der Waals surface area (Å²) in [7, 11) is 0.559. The van der Waals surface area contributed by atoms with Crippen LogP contribution in [-0.4, -0.2) is 21.8 Å². The van der Waals surface area contributed by atoms with E-state index in [9.17, 15) is 0 Å². The maximum atomic E-state index is 5.59.